The van der Waals surface area contributed by atoms with Crippen LogP contribution in [0.3, 0.4) is 0 Å². The maximum absolute atomic E-state index is 13.4. The third kappa shape index (κ3) is 3.16. The van der Waals surface area contributed by atoms with Gasteiger partial charge in [0.05, 0.1) is 12.1 Å². The Bertz CT molecular complexity index is 600. The standard InChI is InChI=1S/C15H14BrF2NO/c1-15(9-20,10-6-11(17)8-12(18)7-10)19-14-5-3-2-4-13(14)16/h2-8,19-20H,9H2,1H3. The van der Waals surface area contributed by atoms with Crippen molar-refractivity contribution in [2.24, 2.45) is 0 Å². The van der Waals surface area contributed by atoms with Crippen LogP contribution in [0.4, 0.5) is 14.5 Å². The van der Waals surface area contributed by atoms with E-state index in [0.717, 1.165) is 16.2 Å². The number of benzene rings is 2. The van der Waals surface area contributed by atoms with Crippen molar-refractivity contribution in [1.82, 2.24) is 0 Å². The molecule has 20 heavy (non-hydrogen) atoms. The zero-order chi connectivity index (χ0) is 14.8. The summed E-state index contributed by atoms with van der Waals surface area (Å²) in [6.07, 6.45) is 0. The number of hydrogen-bond donors (Lipinski definition) is 2. The molecule has 106 valence electrons. The minimum absolute atomic E-state index is 0.308. The summed E-state index contributed by atoms with van der Waals surface area (Å²) < 4.78 is 27.5. The normalized spacial score (nSPS) is 13.8. The number of anilines is 1. The highest BCUT2D eigenvalue weighted by Gasteiger charge is 2.27. The van der Waals surface area contributed by atoms with Crippen molar-refractivity contribution in [3.63, 3.8) is 0 Å². The summed E-state index contributed by atoms with van der Waals surface area (Å²) in [4.78, 5) is 0. The molecule has 0 aliphatic rings. The van der Waals surface area contributed by atoms with E-state index in [4.69, 9.17) is 0 Å². The Balaban J connectivity index is 2.41. The molecule has 2 nitrogen and oxygen atoms in total. The molecule has 2 aromatic carbocycles. The molecule has 0 saturated carbocycles. The molecule has 0 aliphatic heterocycles. The topological polar surface area (TPSA) is 32.3 Å². The Labute approximate surface area is 124 Å². The van der Waals surface area contributed by atoms with Gasteiger partial charge in [0.1, 0.15) is 11.6 Å². The number of hydrogen-bond acceptors (Lipinski definition) is 2. The summed E-state index contributed by atoms with van der Waals surface area (Å²) >= 11 is 3.39. The molecule has 2 N–H and O–H groups in total. The largest absolute Gasteiger partial charge is 0.394 e. The number of aliphatic hydroxyl groups excluding tert-OH is 1. The Hall–Kier alpha value is -1.46. The van der Waals surface area contributed by atoms with Gasteiger partial charge in [-0.15, -0.1) is 0 Å². The highest BCUT2D eigenvalue weighted by atomic mass is 79.9. The summed E-state index contributed by atoms with van der Waals surface area (Å²) in [7, 11) is 0. The van der Waals surface area contributed by atoms with Crippen LogP contribution in [0.5, 0.6) is 0 Å². The summed E-state index contributed by atoms with van der Waals surface area (Å²) in [5.41, 5.74) is 0.0780. The predicted octanol–water partition coefficient (Wildman–Crippen LogP) is 4.05. The smallest absolute Gasteiger partial charge is 0.126 e. The molecule has 0 bridgehead atoms. The molecule has 0 radical (unpaired) electrons. The highest BCUT2D eigenvalue weighted by Crippen LogP contribution is 2.30. The van der Waals surface area contributed by atoms with Gasteiger partial charge in [0.15, 0.2) is 0 Å². The summed E-state index contributed by atoms with van der Waals surface area (Å²) in [5, 5.41) is 12.8. The first-order valence-electron chi connectivity index (χ1n) is 6.05. The molecule has 0 heterocycles. The van der Waals surface area contributed by atoms with Gasteiger partial charge >= 0.3 is 0 Å². The van der Waals surface area contributed by atoms with Crippen LogP contribution >= 0.6 is 15.9 Å². The average Bonchev–Trinajstić information content (AvgIpc) is 2.40. The van der Waals surface area contributed by atoms with Gasteiger partial charge in [0.25, 0.3) is 0 Å². The lowest BCUT2D eigenvalue weighted by Gasteiger charge is -2.31. The first kappa shape index (κ1) is 14.9. The van der Waals surface area contributed by atoms with Gasteiger partial charge in [-0.05, 0) is 52.7 Å². The Morgan fingerprint density at radius 2 is 1.75 bits per heavy atom. The van der Waals surface area contributed by atoms with E-state index in [1.165, 1.54) is 12.1 Å². The van der Waals surface area contributed by atoms with E-state index >= 15 is 0 Å². The molecule has 5 heteroatoms. The molecule has 2 rings (SSSR count). The molecule has 0 aromatic heterocycles. The van der Waals surface area contributed by atoms with Crippen LogP contribution in [0.1, 0.15) is 12.5 Å². The van der Waals surface area contributed by atoms with Crippen LogP contribution in [-0.2, 0) is 5.54 Å². The lowest BCUT2D eigenvalue weighted by Crippen LogP contribution is -2.36. The Kier molecular flexibility index (Phi) is 4.40. The minimum Gasteiger partial charge on any atom is -0.394 e. The summed E-state index contributed by atoms with van der Waals surface area (Å²) in [5.74, 6) is -1.35. The predicted molar refractivity (Wildman–Crippen MR) is 78.6 cm³/mol. The van der Waals surface area contributed by atoms with Crippen molar-refractivity contribution >= 4 is 21.6 Å². The summed E-state index contributed by atoms with van der Waals surface area (Å²) in [6.45, 7) is 1.37. The van der Waals surface area contributed by atoms with Gasteiger partial charge < -0.3 is 10.4 Å². The van der Waals surface area contributed by atoms with Gasteiger partial charge in [-0.1, -0.05) is 12.1 Å². The fourth-order valence-corrected chi connectivity index (χ4v) is 2.32. The number of aliphatic hydroxyl groups is 1. The van der Waals surface area contributed by atoms with Crippen LogP contribution in [0.25, 0.3) is 0 Å². The highest BCUT2D eigenvalue weighted by molar-refractivity contribution is 9.10. The lowest BCUT2D eigenvalue weighted by molar-refractivity contribution is 0.223. The second-order valence-corrected chi connectivity index (χ2v) is 5.61. The second-order valence-electron chi connectivity index (χ2n) is 4.75. The van der Waals surface area contributed by atoms with Crippen LogP contribution < -0.4 is 5.32 Å². The van der Waals surface area contributed by atoms with E-state index in [0.29, 0.717) is 5.56 Å². The lowest BCUT2D eigenvalue weighted by atomic mass is 9.92. The van der Waals surface area contributed by atoms with Crippen molar-refractivity contribution in [1.29, 1.82) is 0 Å². The van der Waals surface area contributed by atoms with Gasteiger partial charge in [-0.3, -0.25) is 0 Å². The molecule has 1 atom stereocenters. The fraction of sp³-hybridized carbons (Fsp3) is 0.200. The molecular formula is C15H14BrF2NO. The van der Waals surface area contributed by atoms with E-state index < -0.39 is 17.2 Å². The van der Waals surface area contributed by atoms with Gasteiger partial charge in [0, 0.05) is 16.2 Å². The number of nitrogens with one attached hydrogen (secondary N) is 1. The third-order valence-electron chi connectivity index (χ3n) is 3.10. The van der Waals surface area contributed by atoms with Gasteiger partial charge in [-0.25, -0.2) is 8.78 Å². The Morgan fingerprint density at radius 3 is 2.30 bits per heavy atom. The molecule has 2 aromatic rings. The monoisotopic (exact) mass is 341 g/mol. The van der Waals surface area contributed by atoms with Crippen molar-refractivity contribution < 1.29 is 13.9 Å². The van der Waals surface area contributed by atoms with Crippen molar-refractivity contribution in [2.75, 3.05) is 11.9 Å². The molecule has 1 unspecified atom stereocenters. The van der Waals surface area contributed by atoms with E-state index in [-0.39, 0.29) is 6.61 Å². The van der Waals surface area contributed by atoms with Crippen LogP contribution in [-0.4, -0.2) is 11.7 Å². The van der Waals surface area contributed by atoms with Crippen LogP contribution in [0.2, 0.25) is 0 Å². The van der Waals surface area contributed by atoms with E-state index in [9.17, 15) is 13.9 Å². The van der Waals surface area contributed by atoms with Crippen molar-refractivity contribution in [3.8, 4) is 0 Å². The molecule has 0 amide bonds. The Morgan fingerprint density at radius 1 is 1.15 bits per heavy atom. The quantitative estimate of drug-likeness (QED) is 0.879. The first-order chi connectivity index (χ1) is 9.44. The number of para-hydroxylation sites is 1. The zero-order valence-electron chi connectivity index (χ0n) is 10.8. The van der Waals surface area contributed by atoms with Gasteiger partial charge in [0.2, 0.25) is 0 Å². The maximum atomic E-state index is 13.4. The number of rotatable bonds is 4. The van der Waals surface area contributed by atoms with Gasteiger partial charge in [-0.2, -0.15) is 0 Å². The average molecular weight is 342 g/mol. The van der Waals surface area contributed by atoms with E-state index in [1.807, 2.05) is 24.3 Å². The van der Waals surface area contributed by atoms with E-state index in [1.54, 1.807) is 6.92 Å². The number of halogens is 3. The second kappa shape index (κ2) is 5.89. The molecule has 0 aliphatic carbocycles. The third-order valence-corrected chi connectivity index (χ3v) is 3.79. The maximum Gasteiger partial charge on any atom is 0.126 e. The minimum atomic E-state index is -0.993. The van der Waals surface area contributed by atoms with Crippen LogP contribution in [0.15, 0.2) is 46.9 Å². The molecule has 0 spiro atoms. The molecule has 0 saturated heterocycles. The summed E-state index contributed by atoms with van der Waals surface area (Å²) in [6, 6.07) is 10.6. The first-order valence-corrected chi connectivity index (χ1v) is 6.84. The van der Waals surface area contributed by atoms with Crippen molar-refractivity contribution in [3.05, 3.63) is 64.1 Å². The van der Waals surface area contributed by atoms with E-state index in [2.05, 4.69) is 21.2 Å². The SMILES string of the molecule is CC(CO)(Nc1ccccc1Br)c1cc(F)cc(F)c1. The molecular weight excluding hydrogens is 328 g/mol. The zero-order valence-corrected chi connectivity index (χ0v) is 12.4. The van der Waals surface area contributed by atoms with Crippen LogP contribution in [0, 0.1) is 11.6 Å². The van der Waals surface area contributed by atoms with Crippen molar-refractivity contribution in [2.45, 2.75) is 12.5 Å². The fourth-order valence-electron chi connectivity index (χ4n) is 1.94. The molecule has 0 fully saturated rings.